The smallest absolute Gasteiger partial charge is 0.305 e. The van der Waals surface area contributed by atoms with Gasteiger partial charge >= 0.3 is 6.03 Å². The molecule has 4 aromatic rings. The third kappa shape index (κ3) is 3.20. The molecule has 0 atom stereocenters. The summed E-state index contributed by atoms with van der Waals surface area (Å²) in [6, 6.07) is 33.9. The van der Waals surface area contributed by atoms with E-state index in [1.807, 2.05) is 91.0 Å². The fourth-order valence-electron chi connectivity index (χ4n) is 5.10. The van der Waals surface area contributed by atoms with E-state index in [2.05, 4.69) is 41.2 Å². The Balaban J connectivity index is 1.72. The van der Waals surface area contributed by atoms with E-state index < -0.39 is 5.66 Å². The maximum Gasteiger partial charge on any atom is 0.345 e. The van der Waals surface area contributed by atoms with E-state index in [1.165, 1.54) is 0 Å². The molecule has 0 fully saturated rings. The second-order valence-corrected chi connectivity index (χ2v) is 8.86. The van der Waals surface area contributed by atoms with Crippen molar-refractivity contribution in [3.05, 3.63) is 137 Å². The van der Waals surface area contributed by atoms with Crippen molar-refractivity contribution in [1.29, 1.82) is 0 Å². The maximum absolute atomic E-state index is 13.2. The first-order valence-corrected chi connectivity index (χ1v) is 11.7. The Morgan fingerprint density at radius 3 is 1.86 bits per heavy atom. The molecular formula is C30H24N4O. The van der Waals surface area contributed by atoms with Gasteiger partial charge < -0.3 is 5.32 Å². The molecule has 5 heteroatoms. The Bertz CT molecular complexity index is 1450. The van der Waals surface area contributed by atoms with Crippen LogP contribution in [-0.2, 0) is 5.66 Å². The fraction of sp³-hybridized carbons (Fsp3) is 0.100. The van der Waals surface area contributed by atoms with Gasteiger partial charge in [-0.3, -0.25) is 4.90 Å². The molecule has 0 radical (unpaired) electrons. The monoisotopic (exact) mass is 456 g/mol. The van der Waals surface area contributed by atoms with Gasteiger partial charge in [-0.25, -0.2) is 9.79 Å². The number of nitrogens with one attached hydrogen (secondary N) is 1. The van der Waals surface area contributed by atoms with Crippen molar-refractivity contribution < 1.29 is 4.79 Å². The highest BCUT2D eigenvalue weighted by molar-refractivity contribution is 6.28. The second-order valence-electron chi connectivity index (χ2n) is 8.86. The molecule has 4 aromatic carbocycles. The van der Waals surface area contributed by atoms with Crippen molar-refractivity contribution in [2.24, 2.45) is 9.98 Å². The summed E-state index contributed by atoms with van der Waals surface area (Å²) in [5, 5.41) is 3.23. The number of benzene rings is 4. The van der Waals surface area contributed by atoms with Gasteiger partial charge in [-0.15, -0.1) is 0 Å². The minimum absolute atomic E-state index is 0.382. The molecule has 0 aliphatic carbocycles. The molecule has 2 amide bonds. The first-order chi connectivity index (χ1) is 17.1. The molecule has 1 N–H and O–H groups in total. The molecular weight excluding hydrogens is 432 g/mol. The van der Waals surface area contributed by atoms with Crippen molar-refractivity contribution in [2.45, 2.75) is 19.5 Å². The first kappa shape index (κ1) is 21.1. The van der Waals surface area contributed by atoms with Gasteiger partial charge in [0.2, 0.25) is 0 Å². The summed E-state index contributed by atoms with van der Waals surface area (Å²) in [6.07, 6.45) is 0. The van der Waals surface area contributed by atoms with E-state index in [9.17, 15) is 4.79 Å². The number of aliphatic imine (C=N–C) groups is 2. The lowest BCUT2D eigenvalue weighted by Gasteiger charge is -2.46. The molecule has 0 saturated carbocycles. The lowest BCUT2D eigenvalue weighted by molar-refractivity contribution is 0.207. The number of fused-ring (bicyclic) bond motifs is 3. The number of carbonyl (C=O) groups is 1. The molecule has 2 aliphatic rings. The van der Waals surface area contributed by atoms with Crippen LogP contribution in [0, 0.1) is 13.8 Å². The number of urea groups is 1. The molecule has 0 spiro atoms. The van der Waals surface area contributed by atoms with Crippen molar-refractivity contribution >= 4 is 23.4 Å². The van der Waals surface area contributed by atoms with Gasteiger partial charge in [-0.2, -0.15) is 4.99 Å². The Hall–Kier alpha value is -4.51. The lowest BCUT2D eigenvalue weighted by Crippen LogP contribution is -2.63. The predicted octanol–water partition coefficient (Wildman–Crippen LogP) is 6.07. The third-order valence-electron chi connectivity index (χ3n) is 6.70. The van der Waals surface area contributed by atoms with Gasteiger partial charge in [0.25, 0.3) is 0 Å². The lowest BCUT2D eigenvalue weighted by atomic mass is 9.88. The van der Waals surface area contributed by atoms with E-state index in [0.717, 1.165) is 44.9 Å². The SMILES string of the molecule is Cc1cccc(C)c1N=C1c2ccccc2C2=NC(=O)NC(c3ccccc3)(c3ccccc3)N21. The topological polar surface area (TPSA) is 57.1 Å². The van der Waals surface area contributed by atoms with E-state index >= 15 is 0 Å². The molecule has 0 bridgehead atoms. The zero-order valence-electron chi connectivity index (χ0n) is 19.6. The van der Waals surface area contributed by atoms with Crippen LogP contribution in [0.15, 0.2) is 113 Å². The minimum Gasteiger partial charge on any atom is -0.305 e. The molecule has 5 nitrogen and oxygen atoms in total. The average Bonchev–Trinajstić information content (AvgIpc) is 3.20. The van der Waals surface area contributed by atoms with E-state index in [4.69, 9.17) is 4.99 Å². The number of aryl methyl sites for hydroxylation is 2. The molecule has 2 aliphatic heterocycles. The molecule has 6 rings (SSSR count). The number of amides is 2. The highest BCUT2D eigenvalue weighted by Gasteiger charge is 2.52. The van der Waals surface area contributed by atoms with Crippen molar-refractivity contribution in [3.8, 4) is 0 Å². The van der Waals surface area contributed by atoms with Crippen LogP contribution in [0.25, 0.3) is 0 Å². The number of nitrogens with zero attached hydrogens (tertiary/aromatic N) is 3. The van der Waals surface area contributed by atoms with Crippen LogP contribution in [-0.4, -0.2) is 22.6 Å². The number of carbonyl (C=O) groups excluding carboxylic acids is 1. The van der Waals surface area contributed by atoms with Crippen LogP contribution < -0.4 is 5.32 Å². The summed E-state index contributed by atoms with van der Waals surface area (Å²) in [5.74, 6) is 1.35. The quantitative estimate of drug-likeness (QED) is 0.407. The molecule has 35 heavy (non-hydrogen) atoms. The largest absolute Gasteiger partial charge is 0.345 e. The number of hydrogen-bond donors (Lipinski definition) is 1. The standard InChI is InChI=1S/C30H24N4O/c1-20-12-11-13-21(2)26(20)31-27-24-18-9-10-19-25(24)28-32-29(35)33-30(34(27)28,22-14-5-3-6-15-22)23-16-7-4-8-17-23/h3-19H,1-2H3,(H,33,35). The summed E-state index contributed by atoms with van der Waals surface area (Å²) in [6.45, 7) is 4.14. The predicted molar refractivity (Wildman–Crippen MR) is 139 cm³/mol. The van der Waals surface area contributed by atoms with Crippen LogP contribution in [0.5, 0.6) is 0 Å². The van der Waals surface area contributed by atoms with Gasteiger partial charge in [0, 0.05) is 22.3 Å². The summed E-state index contributed by atoms with van der Waals surface area (Å²) in [5.41, 5.74) is 5.77. The molecule has 170 valence electrons. The van der Waals surface area contributed by atoms with Gasteiger partial charge in [-0.05, 0) is 25.0 Å². The highest BCUT2D eigenvalue weighted by atomic mass is 16.2. The summed E-state index contributed by atoms with van der Waals surface area (Å²) >= 11 is 0. The van der Waals surface area contributed by atoms with Crippen molar-refractivity contribution in [1.82, 2.24) is 10.2 Å². The van der Waals surface area contributed by atoms with Crippen LogP contribution >= 0.6 is 0 Å². The summed E-state index contributed by atoms with van der Waals surface area (Å²) < 4.78 is 0. The molecule has 2 heterocycles. The Morgan fingerprint density at radius 1 is 0.714 bits per heavy atom. The van der Waals surface area contributed by atoms with Crippen LogP contribution in [0.1, 0.15) is 33.4 Å². The normalized spacial score (nSPS) is 17.0. The zero-order valence-corrected chi connectivity index (χ0v) is 19.6. The number of para-hydroxylation sites is 1. The zero-order chi connectivity index (χ0) is 24.0. The average molecular weight is 457 g/mol. The summed E-state index contributed by atoms with van der Waals surface area (Å²) in [4.78, 5) is 25.0. The minimum atomic E-state index is -1.02. The van der Waals surface area contributed by atoms with Crippen LogP contribution in [0.4, 0.5) is 10.5 Å². The van der Waals surface area contributed by atoms with E-state index in [-0.39, 0.29) is 6.03 Å². The van der Waals surface area contributed by atoms with Gasteiger partial charge in [0.15, 0.2) is 11.5 Å². The molecule has 0 saturated heterocycles. The van der Waals surface area contributed by atoms with E-state index in [0.29, 0.717) is 5.84 Å². The van der Waals surface area contributed by atoms with Gasteiger partial charge in [0.1, 0.15) is 5.84 Å². The Kier molecular flexibility index (Phi) is 4.85. The van der Waals surface area contributed by atoms with Gasteiger partial charge in [-0.1, -0.05) is 103 Å². The third-order valence-corrected chi connectivity index (χ3v) is 6.70. The fourth-order valence-corrected chi connectivity index (χ4v) is 5.10. The van der Waals surface area contributed by atoms with Gasteiger partial charge in [0.05, 0.1) is 5.69 Å². The number of amidine groups is 2. The molecule has 0 unspecified atom stereocenters. The Morgan fingerprint density at radius 2 is 1.26 bits per heavy atom. The second kappa shape index (κ2) is 8.06. The number of hydrogen-bond acceptors (Lipinski definition) is 2. The number of rotatable bonds is 3. The first-order valence-electron chi connectivity index (χ1n) is 11.7. The van der Waals surface area contributed by atoms with E-state index in [1.54, 1.807) is 0 Å². The van der Waals surface area contributed by atoms with Crippen LogP contribution in [0.3, 0.4) is 0 Å². The van der Waals surface area contributed by atoms with Crippen molar-refractivity contribution in [2.75, 3.05) is 0 Å². The van der Waals surface area contributed by atoms with Crippen molar-refractivity contribution in [3.63, 3.8) is 0 Å². The molecule has 0 aromatic heterocycles. The maximum atomic E-state index is 13.2. The highest BCUT2D eigenvalue weighted by Crippen LogP contribution is 2.43. The summed E-state index contributed by atoms with van der Waals surface area (Å²) in [7, 11) is 0. The Labute approximate surface area is 204 Å². The van der Waals surface area contributed by atoms with Crippen LogP contribution in [0.2, 0.25) is 0 Å².